The Morgan fingerprint density at radius 2 is 1.40 bits per heavy atom. The normalized spacial score (nSPS) is 10.5. The number of esters is 2. The Morgan fingerprint density at radius 3 is 1.92 bits per heavy atom. The molecule has 2 aromatic carbocycles. The SMILES string of the molecule is CCCCCOC(=O)COC(=O)C(c1ccccc1)c1ccccc1. The fourth-order valence-corrected chi connectivity index (χ4v) is 2.55. The van der Waals surface area contributed by atoms with Crippen molar-refractivity contribution >= 4 is 11.9 Å². The third kappa shape index (κ3) is 6.07. The molecule has 0 aromatic heterocycles. The molecule has 4 heteroatoms. The van der Waals surface area contributed by atoms with Gasteiger partial charge >= 0.3 is 11.9 Å². The zero-order chi connectivity index (χ0) is 17.9. The minimum atomic E-state index is -0.560. The first-order valence-corrected chi connectivity index (χ1v) is 8.64. The first-order chi connectivity index (χ1) is 12.2. The standard InChI is InChI=1S/C21H24O4/c1-2-3-10-15-24-19(22)16-25-21(23)20(17-11-6-4-7-12-17)18-13-8-5-9-14-18/h4-9,11-14,20H,2-3,10,15-16H2,1H3. The zero-order valence-corrected chi connectivity index (χ0v) is 14.5. The van der Waals surface area contributed by atoms with E-state index in [-0.39, 0.29) is 6.61 Å². The van der Waals surface area contributed by atoms with Crippen LogP contribution in [0.25, 0.3) is 0 Å². The molecule has 0 unspecified atom stereocenters. The fraction of sp³-hybridized carbons (Fsp3) is 0.333. The Bertz CT molecular complexity index is 613. The lowest BCUT2D eigenvalue weighted by Crippen LogP contribution is -2.22. The second-order valence-corrected chi connectivity index (χ2v) is 5.79. The van der Waals surface area contributed by atoms with Gasteiger partial charge < -0.3 is 9.47 Å². The number of unbranched alkanes of at least 4 members (excludes halogenated alkanes) is 2. The molecular weight excluding hydrogens is 316 g/mol. The maximum absolute atomic E-state index is 12.6. The Balaban J connectivity index is 1.98. The molecule has 25 heavy (non-hydrogen) atoms. The smallest absolute Gasteiger partial charge is 0.344 e. The summed E-state index contributed by atoms with van der Waals surface area (Å²) < 4.78 is 10.3. The average Bonchev–Trinajstić information content (AvgIpc) is 2.65. The van der Waals surface area contributed by atoms with E-state index in [0.717, 1.165) is 30.4 Å². The van der Waals surface area contributed by atoms with Crippen LogP contribution in [0.2, 0.25) is 0 Å². The minimum Gasteiger partial charge on any atom is -0.463 e. The molecule has 0 heterocycles. The minimum absolute atomic E-state index is 0.360. The van der Waals surface area contributed by atoms with Crippen molar-refractivity contribution in [1.82, 2.24) is 0 Å². The molecule has 0 bridgehead atoms. The second-order valence-electron chi connectivity index (χ2n) is 5.79. The van der Waals surface area contributed by atoms with E-state index in [4.69, 9.17) is 9.47 Å². The Hall–Kier alpha value is -2.62. The van der Waals surface area contributed by atoms with E-state index in [1.165, 1.54) is 0 Å². The molecule has 0 N–H and O–H groups in total. The maximum Gasteiger partial charge on any atom is 0.344 e. The molecule has 0 amide bonds. The van der Waals surface area contributed by atoms with Gasteiger partial charge in [0.25, 0.3) is 0 Å². The van der Waals surface area contributed by atoms with Gasteiger partial charge in [-0.15, -0.1) is 0 Å². The van der Waals surface area contributed by atoms with E-state index < -0.39 is 17.9 Å². The first-order valence-electron chi connectivity index (χ1n) is 8.64. The molecule has 2 rings (SSSR count). The molecule has 132 valence electrons. The molecule has 0 aliphatic rings. The van der Waals surface area contributed by atoms with Crippen molar-refractivity contribution in [3.63, 3.8) is 0 Å². The Kier molecular flexibility index (Phi) is 7.70. The molecule has 2 aromatic rings. The largest absolute Gasteiger partial charge is 0.463 e. The average molecular weight is 340 g/mol. The molecular formula is C21H24O4. The van der Waals surface area contributed by atoms with Gasteiger partial charge in [0.05, 0.1) is 6.61 Å². The number of ether oxygens (including phenoxy) is 2. The summed E-state index contributed by atoms with van der Waals surface area (Å²) in [6, 6.07) is 18.8. The van der Waals surface area contributed by atoms with Gasteiger partial charge in [0.2, 0.25) is 0 Å². The molecule has 4 nitrogen and oxygen atoms in total. The van der Waals surface area contributed by atoms with Crippen LogP contribution in [-0.2, 0) is 19.1 Å². The number of hydrogen-bond acceptors (Lipinski definition) is 4. The van der Waals surface area contributed by atoms with Crippen LogP contribution in [-0.4, -0.2) is 25.2 Å². The van der Waals surface area contributed by atoms with Crippen molar-refractivity contribution in [2.24, 2.45) is 0 Å². The van der Waals surface area contributed by atoms with Gasteiger partial charge in [0.15, 0.2) is 6.61 Å². The summed E-state index contributed by atoms with van der Waals surface area (Å²) in [6.45, 7) is 2.09. The summed E-state index contributed by atoms with van der Waals surface area (Å²) >= 11 is 0. The number of hydrogen-bond donors (Lipinski definition) is 0. The van der Waals surface area contributed by atoms with Crippen molar-refractivity contribution in [2.75, 3.05) is 13.2 Å². The predicted octanol–water partition coefficient (Wildman–Crippen LogP) is 4.10. The van der Waals surface area contributed by atoms with Gasteiger partial charge in [-0.1, -0.05) is 80.4 Å². The lowest BCUT2D eigenvalue weighted by molar-refractivity contribution is -0.159. The van der Waals surface area contributed by atoms with Crippen LogP contribution >= 0.6 is 0 Å². The van der Waals surface area contributed by atoms with Crippen LogP contribution in [0.5, 0.6) is 0 Å². The predicted molar refractivity (Wildman–Crippen MR) is 96.2 cm³/mol. The van der Waals surface area contributed by atoms with Crippen molar-refractivity contribution in [3.8, 4) is 0 Å². The summed E-state index contributed by atoms with van der Waals surface area (Å²) in [5.41, 5.74) is 1.66. The molecule has 0 saturated carbocycles. The summed E-state index contributed by atoms with van der Waals surface area (Å²) in [7, 11) is 0. The van der Waals surface area contributed by atoms with Crippen LogP contribution in [0.1, 0.15) is 43.2 Å². The Morgan fingerprint density at radius 1 is 0.840 bits per heavy atom. The molecule has 0 fully saturated rings. The molecule has 0 aliphatic heterocycles. The lowest BCUT2D eigenvalue weighted by atomic mass is 9.91. The second kappa shape index (κ2) is 10.3. The van der Waals surface area contributed by atoms with E-state index in [2.05, 4.69) is 6.92 Å². The third-order valence-electron chi connectivity index (χ3n) is 3.84. The monoisotopic (exact) mass is 340 g/mol. The zero-order valence-electron chi connectivity index (χ0n) is 14.5. The van der Waals surface area contributed by atoms with Crippen LogP contribution in [0.4, 0.5) is 0 Å². The van der Waals surface area contributed by atoms with E-state index in [1.54, 1.807) is 0 Å². The van der Waals surface area contributed by atoms with Gasteiger partial charge in [-0.2, -0.15) is 0 Å². The van der Waals surface area contributed by atoms with Crippen molar-refractivity contribution in [2.45, 2.75) is 32.1 Å². The summed E-state index contributed by atoms with van der Waals surface area (Å²) in [5, 5.41) is 0. The van der Waals surface area contributed by atoms with Gasteiger partial charge in [-0.3, -0.25) is 4.79 Å². The molecule has 0 saturated heterocycles. The highest BCUT2D eigenvalue weighted by molar-refractivity contribution is 5.84. The van der Waals surface area contributed by atoms with Crippen molar-refractivity contribution in [1.29, 1.82) is 0 Å². The fourth-order valence-electron chi connectivity index (χ4n) is 2.55. The molecule has 0 radical (unpaired) electrons. The van der Waals surface area contributed by atoms with Gasteiger partial charge in [0, 0.05) is 0 Å². The van der Waals surface area contributed by atoms with Gasteiger partial charge in [0.1, 0.15) is 5.92 Å². The topological polar surface area (TPSA) is 52.6 Å². The highest BCUT2D eigenvalue weighted by Crippen LogP contribution is 2.25. The Labute approximate surface area is 148 Å². The highest BCUT2D eigenvalue weighted by Gasteiger charge is 2.24. The van der Waals surface area contributed by atoms with E-state index >= 15 is 0 Å². The summed E-state index contributed by atoms with van der Waals surface area (Å²) in [5.74, 6) is -1.53. The quantitative estimate of drug-likeness (QED) is 0.509. The maximum atomic E-state index is 12.6. The van der Waals surface area contributed by atoms with Crippen LogP contribution in [0.3, 0.4) is 0 Å². The van der Waals surface area contributed by atoms with E-state index in [9.17, 15) is 9.59 Å². The molecule has 0 aliphatic carbocycles. The lowest BCUT2D eigenvalue weighted by Gasteiger charge is -2.16. The van der Waals surface area contributed by atoms with Gasteiger partial charge in [-0.05, 0) is 17.5 Å². The molecule has 0 spiro atoms. The number of rotatable bonds is 9. The van der Waals surface area contributed by atoms with Gasteiger partial charge in [-0.25, -0.2) is 4.79 Å². The van der Waals surface area contributed by atoms with E-state index in [0.29, 0.717) is 6.61 Å². The number of carbonyl (C=O) groups excluding carboxylic acids is 2. The first kappa shape index (κ1) is 18.7. The van der Waals surface area contributed by atoms with Crippen LogP contribution in [0.15, 0.2) is 60.7 Å². The van der Waals surface area contributed by atoms with Crippen molar-refractivity contribution < 1.29 is 19.1 Å². The number of carbonyl (C=O) groups is 2. The van der Waals surface area contributed by atoms with Crippen LogP contribution < -0.4 is 0 Å². The summed E-state index contributed by atoms with van der Waals surface area (Å²) in [6.07, 6.45) is 2.90. The number of benzene rings is 2. The third-order valence-corrected chi connectivity index (χ3v) is 3.84. The van der Waals surface area contributed by atoms with Crippen molar-refractivity contribution in [3.05, 3.63) is 71.8 Å². The molecule has 0 atom stereocenters. The van der Waals surface area contributed by atoms with Crippen LogP contribution in [0, 0.1) is 0 Å². The van der Waals surface area contributed by atoms with E-state index in [1.807, 2.05) is 60.7 Å². The summed E-state index contributed by atoms with van der Waals surface area (Å²) in [4.78, 5) is 24.3. The highest BCUT2D eigenvalue weighted by atomic mass is 16.6.